The molecule has 2 aliphatic heterocycles. The zero-order valence-corrected chi connectivity index (χ0v) is 14.3. The van der Waals surface area contributed by atoms with Gasteiger partial charge in [0.15, 0.2) is 0 Å². The Balaban J connectivity index is 1.63. The van der Waals surface area contributed by atoms with Gasteiger partial charge in [-0.3, -0.25) is 10.1 Å². The van der Waals surface area contributed by atoms with E-state index in [0.717, 1.165) is 11.1 Å². The van der Waals surface area contributed by atoms with Crippen molar-refractivity contribution in [1.29, 1.82) is 0 Å². The molecule has 2 saturated heterocycles. The molecule has 5 unspecified atom stereocenters. The summed E-state index contributed by atoms with van der Waals surface area (Å²) in [5.74, 6) is -1.28. The third kappa shape index (κ3) is 3.16. The fourth-order valence-electron chi connectivity index (χ4n) is 4.06. The van der Waals surface area contributed by atoms with Crippen molar-refractivity contribution in [2.45, 2.75) is 24.7 Å². The topological polar surface area (TPSA) is 73.4 Å². The highest BCUT2D eigenvalue weighted by Gasteiger charge is 2.49. The molecule has 0 saturated carbocycles. The van der Waals surface area contributed by atoms with Crippen LogP contribution in [-0.4, -0.2) is 17.2 Å². The van der Waals surface area contributed by atoms with E-state index < -0.39 is 11.9 Å². The number of hydrogen-bond acceptors (Lipinski definition) is 4. The molecule has 2 aromatic rings. The number of nitrogens with one attached hydrogen (secondary N) is 3. The molecule has 2 fully saturated rings. The Bertz CT molecular complexity index is 770. The molecule has 2 aliphatic rings. The maximum atomic E-state index is 12.0. The molecule has 4 rings (SSSR count). The highest BCUT2D eigenvalue weighted by Crippen LogP contribution is 2.42. The smallest absolute Gasteiger partial charge is 0.307 e. The second-order valence-corrected chi connectivity index (χ2v) is 7.12. The molecule has 0 aliphatic carbocycles. The van der Waals surface area contributed by atoms with Gasteiger partial charge < -0.3 is 5.11 Å². The fraction of sp³-hybridized carbons (Fsp3) is 0.316. The van der Waals surface area contributed by atoms with Gasteiger partial charge in [-0.05, 0) is 29.7 Å². The van der Waals surface area contributed by atoms with Gasteiger partial charge in [-0.15, -0.1) is 0 Å². The number of benzene rings is 2. The van der Waals surface area contributed by atoms with E-state index in [1.807, 2.05) is 54.6 Å². The second-order valence-electron chi connectivity index (χ2n) is 6.69. The van der Waals surface area contributed by atoms with E-state index in [4.69, 9.17) is 11.6 Å². The number of piperidine rings is 1. The van der Waals surface area contributed by atoms with Gasteiger partial charge in [-0.1, -0.05) is 54.1 Å². The van der Waals surface area contributed by atoms with Crippen LogP contribution in [0.4, 0.5) is 0 Å². The van der Waals surface area contributed by atoms with Gasteiger partial charge in [-0.2, -0.15) is 0 Å². The Kier molecular flexibility index (Phi) is 4.48. The number of hydrazine groups is 1. The van der Waals surface area contributed by atoms with Crippen molar-refractivity contribution in [2.24, 2.45) is 11.8 Å². The molecule has 0 radical (unpaired) electrons. The zero-order valence-electron chi connectivity index (χ0n) is 13.5. The minimum absolute atomic E-state index is 0.0416. The number of fused-ring (bicyclic) bond motifs is 1. The van der Waals surface area contributed by atoms with Gasteiger partial charge in [0.05, 0.1) is 18.1 Å². The number of halogens is 1. The van der Waals surface area contributed by atoms with Crippen LogP contribution in [0.1, 0.15) is 29.6 Å². The van der Waals surface area contributed by atoms with E-state index >= 15 is 0 Å². The Morgan fingerprint density at radius 1 is 1.04 bits per heavy atom. The number of carboxylic acid groups (broad SMARTS) is 1. The van der Waals surface area contributed by atoms with E-state index in [9.17, 15) is 9.90 Å². The molecule has 0 bridgehead atoms. The summed E-state index contributed by atoms with van der Waals surface area (Å²) in [7, 11) is 0. The Morgan fingerprint density at radius 3 is 2.52 bits per heavy atom. The first-order valence-electron chi connectivity index (χ1n) is 8.44. The summed E-state index contributed by atoms with van der Waals surface area (Å²) in [5.41, 5.74) is 8.64. The minimum atomic E-state index is -0.755. The molecule has 5 atom stereocenters. The van der Waals surface area contributed by atoms with Crippen LogP contribution in [0, 0.1) is 11.8 Å². The van der Waals surface area contributed by atoms with Crippen LogP contribution in [0.15, 0.2) is 54.6 Å². The number of rotatable bonds is 3. The largest absolute Gasteiger partial charge is 0.481 e. The maximum absolute atomic E-state index is 12.0. The van der Waals surface area contributed by atoms with Crippen molar-refractivity contribution in [3.8, 4) is 0 Å². The number of aliphatic carboxylic acids is 1. The van der Waals surface area contributed by atoms with Crippen LogP contribution in [0.3, 0.4) is 0 Å². The maximum Gasteiger partial charge on any atom is 0.307 e. The monoisotopic (exact) mass is 357 g/mol. The molecule has 2 aromatic carbocycles. The number of carbonyl (C=O) groups is 1. The number of carboxylic acids is 1. The zero-order chi connectivity index (χ0) is 17.4. The lowest BCUT2D eigenvalue weighted by Gasteiger charge is -2.39. The van der Waals surface area contributed by atoms with Crippen LogP contribution in [0.25, 0.3) is 0 Å². The average molecular weight is 358 g/mol. The van der Waals surface area contributed by atoms with Crippen molar-refractivity contribution in [3.63, 3.8) is 0 Å². The molecule has 0 amide bonds. The minimum Gasteiger partial charge on any atom is -0.481 e. The standard InChI is InChI=1S/C19H20ClN3O2/c20-13-8-4-7-12(9-13)15-10-14(19(24)25)16-17(22-23-18(16)21-15)11-5-2-1-3-6-11/h1-9,14-18,21-23H,10H2,(H,24,25). The summed E-state index contributed by atoms with van der Waals surface area (Å²) in [5, 5.41) is 14.1. The van der Waals surface area contributed by atoms with Crippen molar-refractivity contribution >= 4 is 17.6 Å². The molecule has 5 nitrogen and oxygen atoms in total. The Labute approximate surface area is 151 Å². The highest BCUT2D eigenvalue weighted by molar-refractivity contribution is 6.30. The van der Waals surface area contributed by atoms with E-state index in [0.29, 0.717) is 11.4 Å². The van der Waals surface area contributed by atoms with Crippen LogP contribution in [0.2, 0.25) is 5.02 Å². The van der Waals surface area contributed by atoms with Crippen molar-refractivity contribution in [2.75, 3.05) is 0 Å². The molecule has 4 N–H and O–H groups in total. The molecular formula is C19H20ClN3O2. The fourth-order valence-corrected chi connectivity index (χ4v) is 4.26. The van der Waals surface area contributed by atoms with Crippen molar-refractivity contribution in [3.05, 3.63) is 70.7 Å². The van der Waals surface area contributed by atoms with Gasteiger partial charge in [0.25, 0.3) is 0 Å². The predicted octanol–water partition coefficient (Wildman–Crippen LogP) is 2.87. The lowest BCUT2D eigenvalue weighted by molar-refractivity contribution is -0.146. The van der Waals surface area contributed by atoms with Crippen LogP contribution >= 0.6 is 11.6 Å². The van der Waals surface area contributed by atoms with Crippen LogP contribution < -0.4 is 16.2 Å². The third-order valence-corrected chi connectivity index (χ3v) is 5.46. The first kappa shape index (κ1) is 16.5. The van der Waals surface area contributed by atoms with Gasteiger partial charge in [0, 0.05) is 17.0 Å². The third-order valence-electron chi connectivity index (χ3n) is 5.23. The summed E-state index contributed by atoms with van der Waals surface area (Å²) in [4.78, 5) is 12.0. The van der Waals surface area contributed by atoms with Gasteiger partial charge in [-0.25, -0.2) is 10.9 Å². The Morgan fingerprint density at radius 2 is 1.80 bits per heavy atom. The van der Waals surface area contributed by atoms with Crippen molar-refractivity contribution in [1.82, 2.24) is 16.2 Å². The molecule has 0 aromatic heterocycles. The first-order chi connectivity index (χ1) is 12.1. The van der Waals surface area contributed by atoms with Gasteiger partial charge in [0.1, 0.15) is 0 Å². The summed E-state index contributed by atoms with van der Waals surface area (Å²) < 4.78 is 0. The van der Waals surface area contributed by atoms with Crippen LogP contribution in [0.5, 0.6) is 0 Å². The van der Waals surface area contributed by atoms with E-state index in [-0.39, 0.29) is 24.2 Å². The molecule has 0 spiro atoms. The quantitative estimate of drug-likeness (QED) is 0.680. The molecule has 2 heterocycles. The first-order valence-corrected chi connectivity index (χ1v) is 8.81. The van der Waals surface area contributed by atoms with Crippen LogP contribution in [-0.2, 0) is 4.79 Å². The summed E-state index contributed by atoms with van der Waals surface area (Å²) >= 11 is 6.11. The highest BCUT2D eigenvalue weighted by atomic mass is 35.5. The Hall–Kier alpha value is -1.92. The SMILES string of the molecule is O=C(O)C1CC(c2cccc(Cl)c2)NC2NNC(c3ccccc3)C21. The van der Waals surface area contributed by atoms with Gasteiger partial charge in [0.2, 0.25) is 0 Å². The van der Waals surface area contributed by atoms with E-state index in [2.05, 4.69) is 16.2 Å². The molecule has 25 heavy (non-hydrogen) atoms. The molecule has 6 heteroatoms. The lowest BCUT2D eigenvalue weighted by Crippen LogP contribution is -2.53. The van der Waals surface area contributed by atoms with Gasteiger partial charge >= 0.3 is 5.97 Å². The van der Waals surface area contributed by atoms with E-state index in [1.54, 1.807) is 0 Å². The molecule has 130 valence electrons. The summed E-state index contributed by atoms with van der Waals surface area (Å²) in [6.07, 6.45) is 0.410. The number of hydrogen-bond donors (Lipinski definition) is 4. The molecular weight excluding hydrogens is 338 g/mol. The predicted molar refractivity (Wildman–Crippen MR) is 95.8 cm³/mol. The lowest BCUT2D eigenvalue weighted by atomic mass is 9.75. The van der Waals surface area contributed by atoms with E-state index in [1.165, 1.54) is 0 Å². The second kappa shape index (κ2) is 6.77. The average Bonchev–Trinajstić information content (AvgIpc) is 3.05. The summed E-state index contributed by atoms with van der Waals surface area (Å²) in [6, 6.07) is 17.5. The van der Waals surface area contributed by atoms with Crippen molar-refractivity contribution < 1.29 is 9.90 Å². The normalized spacial score (nSPS) is 31.5. The summed E-state index contributed by atoms with van der Waals surface area (Å²) in [6.45, 7) is 0.